The highest BCUT2D eigenvalue weighted by molar-refractivity contribution is 5.92. The molecule has 2 aliphatic rings. The molecule has 0 spiro atoms. The van der Waals surface area contributed by atoms with E-state index in [0.717, 1.165) is 25.2 Å². The van der Waals surface area contributed by atoms with Gasteiger partial charge in [-0.15, -0.1) is 24.8 Å². The van der Waals surface area contributed by atoms with Gasteiger partial charge in [-0.3, -0.25) is 4.79 Å². The predicted molar refractivity (Wildman–Crippen MR) is 115 cm³/mol. The average Bonchev–Trinajstić information content (AvgIpc) is 3.40. The summed E-state index contributed by atoms with van der Waals surface area (Å²) in [5.74, 6) is 0.235. The molecule has 2 saturated heterocycles. The van der Waals surface area contributed by atoms with E-state index in [1.165, 1.54) is 19.1 Å². The van der Waals surface area contributed by atoms with Crippen LogP contribution in [0.2, 0.25) is 0 Å². The molecule has 9 heteroatoms. The lowest BCUT2D eigenvalue weighted by Crippen LogP contribution is -2.51. The minimum Gasteiger partial charge on any atom is -0.447 e. The molecule has 0 saturated carbocycles. The first-order valence-corrected chi connectivity index (χ1v) is 9.60. The Morgan fingerprint density at radius 2 is 1.86 bits per heavy atom. The van der Waals surface area contributed by atoms with E-state index in [1.807, 2.05) is 23.1 Å². The molecule has 2 N–H and O–H groups in total. The fraction of sp³-hybridized carbons (Fsp3) is 0.500. The van der Waals surface area contributed by atoms with Crippen molar-refractivity contribution in [3.63, 3.8) is 0 Å². The number of aromatic nitrogens is 1. The van der Waals surface area contributed by atoms with Crippen molar-refractivity contribution >= 4 is 30.7 Å². The largest absolute Gasteiger partial charge is 0.447 e. The van der Waals surface area contributed by atoms with Crippen LogP contribution in [0.3, 0.4) is 0 Å². The van der Waals surface area contributed by atoms with E-state index in [4.69, 9.17) is 14.9 Å². The quantitative estimate of drug-likeness (QED) is 0.765. The number of rotatable bonds is 5. The molecule has 1 amide bonds. The van der Waals surface area contributed by atoms with Crippen molar-refractivity contribution in [3.8, 4) is 0 Å². The SMILES string of the molecule is Cl.Cl.NCc1nc(C(=O)N2CCO[C@@H](CN3CCCC3)[C@@H]2c2ccccc2)co1. The number of hydrogen-bond donors (Lipinski definition) is 1. The molecule has 0 unspecified atom stereocenters. The fourth-order valence-corrected chi connectivity index (χ4v) is 4.03. The van der Waals surface area contributed by atoms with Crippen LogP contribution in [0.4, 0.5) is 0 Å². The second-order valence-electron chi connectivity index (χ2n) is 7.10. The van der Waals surface area contributed by atoms with Crippen LogP contribution in [0, 0.1) is 0 Å². The van der Waals surface area contributed by atoms with Gasteiger partial charge in [0.15, 0.2) is 5.69 Å². The van der Waals surface area contributed by atoms with Crippen molar-refractivity contribution in [1.82, 2.24) is 14.8 Å². The van der Waals surface area contributed by atoms with Gasteiger partial charge in [0.25, 0.3) is 5.91 Å². The zero-order valence-corrected chi connectivity index (χ0v) is 17.9. The Morgan fingerprint density at radius 1 is 1.14 bits per heavy atom. The number of amides is 1. The number of halogens is 2. The second kappa shape index (κ2) is 10.9. The van der Waals surface area contributed by atoms with Gasteiger partial charge in [0.2, 0.25) is 5.89 Å². The van der Waals surface area contributed by atoms with Crippen LogP contribution in [0.15, 0.2) is 41.0 Å². The van der Waals surface area contributed by atoms with Crippen molar-refractivity contribution in [2.75, 3.05) is 32.8 Å². The van der Waals surface area contributed by atoms with Gasteiger partial charge in [-0.05, 0) is 31.5 Å². The number of nitrogens with zero attached hydrogens (tertiary/aromatic N) is 3. The number of carbonyl (C=O) groups is 1. The van der Waals surface area contributed by atoms with E-state index in [-0.39, 0.29) is 49.4 Å². The molecule has 0 bridgehead atoms. The van der Waals surface area contributed by atoms with Gasteiger partial charge in [-0.2, -0.15) is 0 Å². The topological polar surface area (TPSA) is 84.8 Å². The van der Waals surface area contributed by atoms with Crippen LogP contribution in [0.1, 0.15) is 40.8 Å². The molecule has 2 fully saturated rings. The zero-order chi connectivity index (χ0) is 18.6. The highest BCUT2D eigenvalue weighted by Crippen LogP contribution is 2.32. The Bertz CT molecular complexity index is 768. The lowest BCUT2D eigenvalue weighted by Gasteiger charge is -2.42. The Hall–Kier alpha value is -1.64. The van der Waals surface area contributed by atoms with E-state index in [2.05, 4.69) is 22.0 Å². The summed E-state index contributed by atoms with van der Waals surface area (Å²) in [7, 11) is 0. The highest BCUT2D eigenvalue weighted by Gasteiger charge is 2.38. The zero-order valence-electron chi connectivity index (χ0n) is 16.2. The first kappa shape index (κ1) is 23.6. The third-order valence-corrected chi connectivity index (χ3v) is 5.34. The molecule has 0 radical (unpaired) electrons. The van der Waals surface area contributed by atoms with E-state index < -0.39 is 0 Å². The van der Waals surface area contributed by atoms with Gasteiger partial charge in [-0.25, -0.2) is 4.98 Å². The van der Waals surface area contributed by atoms with Crippen LogP contribution >= 0.6 is 24.8 Å². The van der Waals surface area contributed by atoms with Crippen LogP contribution in [-0.2, 0) is 11.3 Å². The maximum absolute atomic E-state index is 13.2. The number of oxazole rings is 1. The van der Waals surface area contributed by atoms with Crippen LogP contribution < -0.4 is 5.73 Å². The molecule has 3 heterocycles. The monoisotopic (exact) mass is 442 g/mol. The van der Waals surface area contributed by atoms with Crippen molar-refractivity contribution in [2.24, 2.45) is 5.73 Å². The number of nitrogens with two attached hydrogens (primary N) is 1. The van der Waals surface area contributed by atoms with Crippen molar-refractivity contribution in [2.45, 2.75) is 31.5 Å². The van der Waals surface area contributed by atoms with Gasteiger partial charge in [0, 0.05) is 13.1 Å². The van der Waals surface area contributed by atoms with Crippen LogP contribution in [-0.4, -0.2) is 59.6 Å². The molecule has 2 atom stereocenters. The maximum Gasteiger partial charge on any atom is 0.276 e. The number of likely N-dealkylation sites (tertiary alicyclic amines) is 1. The van der Waals surface area contributed by atoms with Gasteiger partial charge >= 0.3 is 0 Å². The normalized spacial score (nSPS) is 22.0. The van der Waals surface area contributed by atoms with E-state index in [1.54, 1.807) is 0 Å². The lowest BCUT2D eigenvalue weighted by atomic mass is 9.97. The minimum atomic E-state index is -0.147. The molecule has 160 valence electrons. The average molecular weight is 443 g/mol. The third-order valence-electron chi connectivity index (χ3n) is 5.34. The Kier molecular flexibility index (Phi) is 8.92. The molecular weight excluding hydrogens is 415 g/mol. The van der Waals surface area contributed by atoms with E-state index >= 15 is 0 Å². The van der Waals surface area contributed by atoms with Gasteiger partial charge < -0.3 is 24.7 Å². The van der Waals surface area contributed by atoms with Gasteiger partial charge in [0.05, 0.1) is 25.3 Å². The Morgan fingerprint density at radius 3 is 2.52 bits per heavy atom. The smallest absolute Gasteiger partial charge is 0.276 e. The first-order chi connectivity index (χ1) is 13.3. The molecular formula is C20H28Cl2N4O3. The van der Waals surface area contributed by atoms with E-state index in [0.29, 0.717) is 24.7 Å². The maximum atomic E-state index is 13.2. The molecule has 1 aromatic heterocycles. The number of hydrogen-bond acceptors (Lipinski definition) is 6. The van der Waals surface area contributed by atoms with Crippen molar-refractivity contribution in [1.29, 1.82) is 0 Å². The predicted octanol–water partition coefficient (Wildman–Crippen LogP) is 2.66. The molecule has 0 aliphatic carbocycles. The third kappa shape index (κ3) is 5.29. The number of morpholine rings is 1. The molecule has 1 aromatic carbocycles. The number of benzene rings is 1. The van der Waals surface area contributed by atoms with Crippen LogP contribution in [0.25, 0.3) is 0 Å². The highest BCUT2D eigenvalue weighted by atomic mass is 35.5. The number of ether oxygens (including phenoxy) is 1. The summed E-state index contributed by atoms with van der Waals surface area (Å²) >= 11 is 0. The molecule has 7 nitrogen and oxygen atoms in total. The summed E-state index contributed by atoms with van der Waals surface area (Å²) in [5, 5.41) is 0. The summed E-state index contributed by atoms with van der Waals surface area (Å²) in [6, 6.07) is 9.96. The van der Waals surface area contributed by atoms with E-state index in [9.17, 15) is 4.79 Å². The first-order valence-electron chi connectivity index (χ1n) is 9.60. The second-order valence-corrected chi connectivity index (χ2v) is 7.10. The summed E-state index contributed by atoms with van der Waals surface area (Å²) < 4.78 is 11.4. The summed E-state index contributed by atoms with van der Waals surface area (Å²) in [6.07, 6.45) is 3.79. The van der Waals surface area contributed by atoms with Gasteiger partial charge in [0.1, 0.15) is 6.26 Å². The summed E-state index contributed by atoms with van der Waals surface area (Å²) in [4.78, 5) is 21.7. The molecule has 2 aliphatic heterocycles. The van der Waals surface area contributed by atoms with Crippen LogP contribution in [0.5, 0.6) is 0 Å². The summed E-state index contributed by atoms with van der Waals surface area (Å²) in [6.45, 7) is 4.25. The fourth-order valence-electron chi connectivity index (χ4n) is 4.03. The Labute approximate surface area is 183 Å². The standard InChI is InChI=1S/C20H26N4O3.2ClH/c21-12-18-22-16(14-27-18)20(25)24-10-11-26-17(13-23-8-4-5-9-23)19(24)15-6-2-1-3-7-15;;/h1-3,6-7,14,17,19H,4-5,8-13,21H2;2*1H/t17-,19-;;/m0../s1. The number of carbonyl (C=O) groups excluding carboxylic acids is 1. The lowest BCUT2D eigenvalue weighted by molar-refractivity contribution is -0.0708. The summed E-state index contributed by atoms with van der Waals surface area (Å²) in [5.41, 5.74) is 6.95. The molecule has 4 rings (SSSR count). The molecule has 2 aromatic rings. The molecule has 29 heavy (non-hydrogen) atoms. The Balaban J connectivity index is 0.00000150. The minimum absolute atomic E-state index is 0. The van der Waals surface area contributed by atoms with Crippen molar-refractivity contribution < 1.29 is 13.9 Å². The van der Waals surface area contributed by atoms with Crippen molar-refractivity contribution in [3.05, 3.63) is 53.7 Å². The van der Waals surface area contributed by atoms with Gasteiger partial charge in [-0.1, -0.05) is 30.3 Å².